The van der Waals surface area contributed by atoms with Crippen molar-refractivity contribution in [3.05, 3.63) is 65.0 Å². The van der Waals surface area contributed by atoms with E-state index >= 15 is 0 Å². The van der Waals surface area contributed by atoms with Crippen LogP contribution in [0.3, 0.4) is 0 Å². The number of piperazine rings is 1. The first-order chi connectivity index (χ1) is 12.2. The van der Waals surface area contributed by atoms with Crippen molar-refractivity contribution in [2.75, 3.05) is 33.3 Å². The lowest BCUT2D eigenvalue weighted by molar-refractivity contribution is -1.02. The van der Waals surface area contributed by atoms with Gasteiger partial charge in [0.25, 0.3) is 0 Å². The Morgan fingerprint density at radius 1 is 0.960 bits per heavy atom. The summed E-state index contributed by atoms with van der Waals surface area (Å²) in [6, 6.07) is 15.3. The quantitative estimate of drug-likeness (QED) is 0.815. The minimum absolute atomic E-state index is 0.288. The maximum absolute atomic E-state index is 13.8. The van der Waals surface area contributed by atoms with Crippen molar-refractivity contribution in [3.63, 3.8) is 0 Å². The molecule has 0 saturated carbocycles. The lowest BCUT2D eigenvalue weighted by Gasteiger charge is -2.29. The number of hydrogen-bond donors (Lipinski definition) is 2. The first kappa shape index (κ1) is 17.4. The number of nitrogens with zero attached hydrogens (tertiary/aromatic N) is 1. The number of ether oxygens (including phenoxy) is 1. The molecule has 0 radical (unpaired) electrons. The van der Waals surface area contributed by atoms with E-state index in [1.54, 1.807) is 17.0 Å². The van der Waals surface area contributed by atoms with Crippen LogP contribution in [0.5, 0.6) is 5.75 Å². The molecule has 2 N–H and O–H groups in total. The highest BCUT2D eigenvalue weighted by molar-refractivity contribution is 5.31. The van der Waals surface area contributed by atoms with Gasteiger partial charge in [0.2, 0.25) is 0 Å². The Balaban J connectivity index is 1.49. The topological polar surface area (TPSA) is 41.9 Å². The highest BCUT2D eigenvalue weighted by Gasteiger charge is 2.23. The SMILES string of the molecule is COc1ccc(C[NH+]2CC[NH+](Cc3ccc(C#N)cc3)CC2)cc1F. The van der Waals surface area contributed by atoms with Crippen molar-refractivity contribution in [1.29, 1.82) is 5.26 Å². The van der Waals surface area contributed by atoms with Gasteiger partial charge < -0.3 is 14.5 Å². The van der Waals surface area contributed by atoms with E-state index in [0.29, 0.717) is 11.3 Å². The van der Waals surface area contributed by atoms with Crippen molar-refractivity contribution in [2.45, 2.75) is 13.1 Å². The number of nitrogens with one attached hydrogen (secondary N) is 2. The van der Waals surface area contributed by atoms with Crippen LogP contribution < -0.4 is 14.5 Å². The van der Waals surface area contributed by atoms with Gasteiger partial charge in [0, 0.05) is 11.1 Å². The molecule has 1 aliphatic rings. The maximum atomic E-state index is 13.8. The fourth-order valence-corrected chi connectivity index (χ4v) is 3.40. The Bertz CT molecular complexity index is 747. The third-order valence-corrected chi connectivity index (χ3v) is 4.87. The van der Waals surface area contributed by atoms with E-state index in [0.717, 1.165) is 44.8 Å². The first-order valence-electron chi connectivity index (χ1n) is 8.66. The van der Waals surface area contributed by atoms with E-state index in [1.807, 2.05) is 30.3 Å². The summed E-state index contributed by atoms with van der Waals surface area (Å²) in [7, 11) is 1.49. The second kappa shape index (κ2) is 8.11. The Morgan fingerprint density at radius 3 is 2.04 bits per heavy atom. The molecule has 1 saturated heterocycles. The van der Waals surface area contributed by atoms with E-state index in [4.69, 9.17) is 10.00 Å². The highest BCUT2D eigenvalue weighted by atomic mass is 19.1. The number of nitriles is 1. The summed E-state index contributed by atoms with van der Waals surface area (Å²) < 4.78 is 18.8. The first-order valence-corrected chi connectivity index (χ1v) is 8.66. The zero-order chi connectivity index (χ0) is 17.6. The Kier molecular flexibility index (Phi) is 5.64. The van der Waals surface area contributed by atoms with Crippen molar-refractivity contribution in [1.82, 2.24) is 0 Å². The van der Waals surface area contributed by atoms with Gasteiger partial charge >= 0.3 is 0 Å². The summed E-state index contributed by atoms with van der Waals surface area (Å²) in [5.74, 6) is 0.0138. The second-order valence-electron chi connectivity index (χ2n) is 6.63. The number of methoxy groups -OCH3 is 1. The summed E-state index contributed by atoms with van der Waals surface area (Å²) in [5.41, 5.74) is 3.00. The summed E-state index contributed by atoms with van der Waals surface area (Å²) in [6.45, 7) is 6.22. The van der Waals surface area contributed by atoms with Gasteiger partial charge in [-0.05, 0) is 30.3 Å². The molecule has 1 heterocycles. The van der Waals surface area contributed by atoms with Gasteiger partial charge in [-0.3, -0.25) is 0 Å². The van der Waals surface area contributed by atoms with Crippen molar-refractivity contribution < 1.29 is 18.9 Å². The van der Waals surface area contributed by atoms with E-state index in [-0.39, 0.29) is 5.82 Å². The van der Waals surface area contributed by atoms with E-state index in [2.05, 4.69) is 6.07 Å². The Labute approximate surface area is 148 Å². The molecule has 1 aliphatic heterocycles. The molecule has 130 valence electrons. The standard InChI is InChI=1S/C20H22FN3O/c1-25-20-7-6-18(12-19(20)21)15-24-10-8-23(9-11-24)14-17-4-2-16(13-22)3-5-17/h2-7,12H,8-11,14-15H2,1H3/p+2. The van der Waals surface area contributed by atoms with E-state index in [9.17, 15) is 4.39 Å². The number of hydrogen-bond acceptors (Lipinski definition) is 2. The Morgan fingerprint density at radius 2 is 1.52 bits per heavy atom. The van der Waals surface area contributed by atoms with Crippen LogP contribution in [-0.4, -0.2) is 33.3 Å². The molecule has 0 aliphatic carbocycles. The van der Waals surface area contributed by atoms with Crippen molar-refractivity contribution in [3.8, 4) is 11.8 Å². The average Bonchev–Trinajstić information content (AvgIpc) is 2.64. The zero-order valence-corrected chi connectivity index (χ0v) is 14.5. The lowest BCUT2D eigenvalue weighted by Crippen LogP contribution is -3.27. The van der Waals surface area contributed by atoms with Gasteiger partial charge in [0.15, 0.2) is 11.6 Å². The number of rotatable bonds is 5. The fourth-order valence-electron chi connectivity index (χ4n) is 3.40. The molecule has 0 unspecified atom stereocenters. The minimum atomic E-state index is -0.288. The van der Waals surface area contributed by atoms with Crippen LogP contribution in [-0.2, 0) is 13.1 Å². The van der Waals surface area contributed by atoms with Crippen molar-refractivity contribution in [2.24, 2.45) is 0 Å². The molecule has 0 bridgehead atoms. The second-order valence-corrected chi connectivity index (χ2v) is 6.63. The van der Waals surface area contributed by atoms with Crippen molar-refractivity contribution >= 4 is 0 Å². The van der Waals surface area contributed by atoms with Gasteiger partial charge in [-0.25, -0.2) is 4.39 Å². The number of quaternary nitrogens is 2. The van der Waals surface area contributed by atoms with Gasteiger partial charge in [-0.1, -0.05) is 12.1 Å². The molecule has 2 aromatic rings. The molecule has 0 atom stereocenters. The van der Waals surface area contributed by atoms with Crippen LogP contribution in [0.1, 0.15) is 16.7 Å². The van der Waals surface area contributed by atoms with E-state index < -0.39 is 0 Å². The maximum Gasteiger partial charge on any atom is 0.165 e. The van der Waals surface area contributed by atoms with Gasteiger partial charge in [-0.15, -0.1) is 0 Å². The molecule has 0 spiro atoms. The van der Waals surface area contributed by atoms with Crippen LogP contribution in [0.15, 0.2) is 42.5 Å². The Hall–Kier alpha value is -2.42. The summed E-state index contributed by atoms with van der Waals surface area (Å²) >= 11 is 0. The number of benzene rings is 2. The van der Waals surface area contributed by atoms with Crippen LogP contribution in [0.4, 0.5) is 4.39 Å². The fraction of sp³-hybridized carbons (Fsp3) is 0.350. The monoisotopic (exact) mass is 341 g/mol. The average molecular weight is 341 g/mol. The predicted octanol–water partition coefficient (Wildman–Crippen LogP) is 0.190. The molecular weight excluding hydrogens is 317 g/mol. The minimum Gasteiger partial charge on any atom is -0.494 e. The normalized spacial score (nSPS) is 20.0. The zero-order valence-electron chi connectivity index (χ0n) is 14.5. The van der Waals surface area contributed by atoms with Gasteiger partial charge in [-0.2, -0.15) is 5.26 Å². The summed E-state index contributed by atoms with van der Waals surface area (Å²) in [6.07, 6.45) is 0. The molecule has 4 nitrogen and oxygen atoms in total. The van der Waals surface area contributed by atoms with Crippen LogP contribution in [0.25, 0.3) is 0 Å². The van der Waals surface area contributed by atoms with Gasteiger partial charge in [0.1, 0.15) is 39.3 Å². The molecule has 0 amide bonds. The van der Waals surface area contributed by atoms with Crippen LogP contribution >= 0.6 is 0 Å². The molecule has 2 aromatic carbocycles. The molecule has 0 aromatic heterocycles. The predicted molar refractivity (Wildman–Crippen MR) is 92.9 cm³/mol. The van der Waals surface area contributed by atoms with Gasteiger partial charge in [0.05, 0.1) is 18.7 Å². The largest absolute Gasteiger partial charge is 0.494 e. The molecule has 1 fully saturated rings. The summed E-state index contributed by atoms with van der Waals surface area (Å²) in [5, 5.41) is 8.86. The van der Waals surface area contributed by atoms with E-state index in [1.165, 1.54) is 17.6 Å². The third-order valence-electron chi connectivity index (χ3n) is 4.87. The van der Waals surface area contributed by atoms with Crippen LogP contribution in [0, 0.1) is 17.1 Å². The smallest absolute Gasteiger partial charge is 0.165 e. The van der Waals surface area contributed by atoms with Crippen LogP contribution in [0.2, 0.25) is 0 Å². The molecule has 5 heteroatoms. The molecular formula is C20H24FN3O+2. The summed E-state index contributed by atoms with van der Waals surface area (Å²) in [4.78, 5) is 3.06. The lowest BCUT2D eigenvalue weighted by atomic mass is 10.1. The molecule has 25 heavy (non-hydrogen) atoms. The molecule has 3 rings (SSSR count). The third kappa shape index (κ3) is 4.56. The number of halogens is 1. The highest BCUT2D eigenvalue weighted by Crippen LogP contribution is 2.17.